The Hall–Kier alpha value is 0.270. The zero-order chi connectivity index (χ0) is 15.3. The molecule has 0 unspecified atom stereocenters. The third-order valence-electron chi connectivity index (χ3n) is 5.34. The molecule has 134 valence electrons. The van der Waals surface area contributed by atoms with Crippen LogP contribution >= 0.6 is 35.7 Å². The molecule has 3 aliphatic rings. The number of nitrogens with zero attached hydrogens (tertiary/aromatic N) is 3. The average Bonchev–Trinajstić information content (AvgIpc) is 2.62. The van der Waals surface area contributed by atoms with Gasteiger partial charge in [-0.2, -0.15) is 11.8 Å². The summed E-state index contributed by atoms with van der Waals surface area (Å²) >= 11 is 2.08. The first-order chi connectivity index (χ1) is 10.8. The van der Waals surface area contributed by atoms with Crippen molar-refractivity contribution in [3.63, 3.8) is 0 Å². The Morgan fingerprint density at radius 1 is 1.04 bits per heavy atom. The molecule has 0 bridgehead atoms. The van der Waals surface area contributed by atoms with Gasteiger partial charge in [-0.15, -0.1) is 24.0 Å². The van der Waals surface area contributed by atoms with Crippen molar-refractivity contribution in [2.45, 2.75) is 37.6 Å². The van der Waals surface area contributed by atoms with Crippen LogP contribution in [0.25, 0.3) is 0 Å². The molecular weight excluding hydrogens is 423 g/mol. The topological polar surface area (TPSA) is 54.1 Å². The van der Waals surface area contributed by atoms with E-state index in [0.29, 0.717) is 0 Å². The van der Waals surface area contributed by atoms with Crippen LogP contribution in [0.5, 0.6) is 0 Å². The quantitative estimate of drug-likeness (QED) is 0.402. The van der Waals surface area contributed by atoms with Crippen molar-refractivity contribution in [1.29, 1.82) is 0 Å². The highest BCUT2D eigenvalue weighted by atomic mass is 127. The predicted octanol–water partition coefficient (Wildman–Crippen LogP) is 2.00. The first kappa shape index (κ1) is 19.6. The minimum Gasteiger partial charge on any atom is -0.378 e. The molecule has 0 amide bonds. The van der Waals surface area contributed by atoms with Crippen molar-refractivity contribution in [1.82, 2.24) is 9.80 Å². The molecule has 2 heterocycles. The van der Waals surface area contributed by atoms with Gasteiger partial charge < -0.3 is 15.4 Å². The highest BCUT2D eigenvalue weighted by molar-refractivity contribution is 14.0. The van der Waals surface area contributed by atoms with E-state index in [-0.39, 0.29) is 29.5 Å². The van der Waals surface area contributed by atoms with E-state index in [1.165, 1.54) is 56.7 Å². The van der Waals surface area contributed by atoms with Gasteiger partial charge in [0.2, 0.25) is 0 Å². The SMILES string of the molecule is I.NC(=NCC1(N2CCSCC2)CCCCC1)N1CCOCC1. The van der Waals surface area contributed by atoms with Crippen molar-refractivity contribution >= 4 is 41.7 Å². The lowest BCUT2D eigenvalue weighted by atomic mass is 9.80. The Kier molecular flexibility index (Phi) is 8.24. The first-order valence-electron chi connectivity index (χ1n) is 8.76. The Balaban J connectivity index is 0.00000192. The fourth-order valence-electron chi connectivity index (χ4n) is 3.94. The number of thioether (sulfide) groups is 1. The van der Waals surface area contributed by atoms with E-state index in [9.17, 15) is 0 Å². The molecule has 3 rings (SSSR count). The van der Waals surface area contributed by atoms with Crippen LogP contribution in [-0.2, 0) is 4.74 Å². The molecule has 0 radical (unpaired) electrons. The number of halogens is 1. The van der Waals surface area contributed by atoms with Gasteiger partial charge >= 0.3 is 0 Å². The van der Waals surface area contributed by atoms with Crippen LogP contribution in [0, 0.1) is 0 Å². The molecule has 5 nitrogen and oxygen atoms in total. The molecule has 1 saturated carbocycles. The number of aliphatic imine (C=N–C) groups is 1. The van der Waals surface area contributed by atoms with Gasteiger partial charge in [0.05, 0.1) is 19.8 Å². The fraction of sp³-hybridized carbons (Fsp3) is 0.938. The van der Waals surface area contributed by atoms with Gasteiger partial charge in [0, 0.05) is 43.2 Å². The molecule has 0 aromatic rings. The molecule has 0 aromatic carbocycles. The normalized spacial score (nSPS) is 26.6. The average molecular weight is 454 g/mol. The van der Waals surface area contributed by atoms with Gasteiger partial charge in [0.15, 0.2) is 5.96 Å². The van der Waals surface area contributed by atoms with Gasteiger partial charge in [-0.25, -0.2) is 0 Å². The zero-order valence-electron chi connectivity index (χ0n) is 14.0. The standard InChI is InChI=1S/C16H30N4OS.HI/c17-15(19-6-10-21-11-7-19)18-14-16(4-2-1-3-5-16)20-8-12-22-13-9-20;/h1-14H2,(H2,17,18);1H. The summed E-state index contributed by atoms with van der Waals surface area (Å²) in [5, 5.41) is 0. The minimum atomic E-state index is 0. The first-order valence-corrected chi connectivity index (χ1v) is 9.91. The van der Waals surface area contributed by atoms with E-state index in [4.69, 9.17) is 15.5 Å². The van der Waals surface area contributed by atoms with Crippen LogP contribution in [0.2, 0.25) is 0 Å². The maximum absolute atomic E-state index is 6.25. The van der Waals surface area contributed by atoms with Gasteiger partial charge in [-0.3, -0.25) is 9.89 Å². The van der Waals surface area contributed by atoms with Crippen LogP contribution < -0.4 is 5.73 Å². The maximum atomic E-state index is 6.25. The number of nitrogens with two attached hydrogens (primary N) is 1. The largest absolute Gasteiger partial charge is 0.378 e. The van der Waals surface area contributed by atoms with Gasteiger partial charge in [0.1, 0.15) is 0 Å². The Bertz CT molecular complexity index is 378. The molecule has 0 spiro atoms. The molecule has 3 fully saturated rings. The summed E-state index contributed by atoms with van der Waals surface area (Å²) in [5.74, 6) is 3.26. The van der Waals surface area contributed by atoms with Crippen molar-refractivity contribution in [3.05, 3.63) is 0 Å². The van der Waals surface area contributed by atoms with Gasteiger partial charge in [-0.05, 0) is 12.8 Å². The number of ether oxygens (including phenoxy) is 1. The fourth-order valence-corrected chi connectivity index (χ4v) is 4.85. The number of hydrogen-bond donors (Lipinski definition) is 1. The van der Waals surface area contributed by atoms with E-state index in [2.05, 4.69) is 21.6 Å². The number of guanidine groups is 1. The monoisotopic (exact) mass is 454 g/mol. The number of rotatable bonds is 3. The second-order valence-electron chi connectivity index (χ2n) is 6.66. The third-order valence-corrected chi connectivity index (χ3v) is 6.28. The van der Waals surface area contributed by atoms with E-state index >= 15 is 0 Å². The predicted molar refractivity (Wildman–Crippen MR) is 109 cm³/mol. The summed E-state index contributed by atoms with van der Waals surface area (Å²) in [4.78, 5) is 9.73. The van der Waals surface area contributed by atoms with Crippen LogP contribution in [0.15, 0.2) is 4.99 Å². The molecule has 0 atom stereocenters. The van der Waals surface area contributed by atoms with Crippen molar-refractivity contribution < 1.29 is 4.74 Å². The summed E-state index contributed by atoms with van der Waals surface area (Å²) in [7, 11) is 0. The highest BCUT2D eigenvalue weighted by Crippen LogP contribution is 2.35. The van der Waals surface area contributed by atoms with Crippen molar-refractivity contribution in [2.75, 3.05) is 57.4 Å². The van der Waals surface area contributed by atoms with Crippen molar-refractivity contribution in [3.8, 4) is 0 Å². The molecule has 1 aliphatic carbocycles. The Morgan fingerprint density at radius 2 is 1.70 bits per heavy atom. The molecule has 7 heteroatoms. The number of hydrogen-bond acceptors (Lipinski definition) is 4. The molecule has 2 saturated heterocycles. The lowest BCUT2D eigenvalue weighted by Crippen LogP contribution is -2.56. The van der Waals surface area contributed by atoms with Crippen LogP contribution in [0.1, 0.15) is 32.1 Å². The third kappa shape index (κ3) is 5.12. The molecule has 0 aromatic heterocycles. The summed E-state index contributed by atoms with van der Waals surface area (Å²) in [6.45, 7) is 6.61. The van der Waals surface area contributed by atoms with E-state index in [0.717, 1.165) is 38.8 Å². The molecule has 2 N–H and O–H groups in total. The van der Waals surface area contributed by atoms with Gasteiger partial charge in [0.25, 0.3) is 0 Å². The maximum Gasteiger partial charge on any atom is 0.191 e. The smallest absolute Gasteiger partial charge is 0.191 e. The van der Waals surface area contributed by atoms with Crippen LogP contribution in [-0.4, -0.2) is 78.7 Å². The van der Waals surface area contributed by atoms with Gasteiger partial charge in [-0.1, -0.05) is 19.3 Å². The van der Waals surface area contributed by atoms with E-state index in [1.54, 1.807) is 0 Å². The van der Waals surface area contributed by atoms with E-state index in [1.807, 2.05) is 0 Å². The summed E-state index contributed by atoms with van der Waals surface area (Å²) in [6, 6.07) is 0. The lowest BCUT2D eigenvalue weighted by Gasteiger charge is -2.47. The minimum absolute atomic E-state index is 0. The Labute approximate surface area is 161 Å². The number of morpholine rings is 1. The summed E-state index contributed by atoms with van der Waals surface area (Å²) in [5.41, 5.74) is 6.53. The van der Waals surface area contributed by atoms with Crippen LogP contribution in [0.4, 0.5) is 0 Å². The molecular formula is C16H31IN4OS. The zero-order valence-corrected chi connectivity index (χ0v) is 17.2. The van der Waals surface area contributed by atoms with Crippen LogP contribution in [0.3, 0.4) is 0 Å². The van der Waals surface area contributed by atoms with E-state index < -0.39 is 0 Å². The second kappa shape index (κ2) is 9.68. The second-order valence-corrected chi connectivity index (χ2v) is 7.88. The molecule has 2 aliphatic heterocycles. The molecule has 23 heavy (non-hydrogen) atoms. The summed E-state index contributed by atoms with van der Waals surface area (Å²) < 4.78 is 5.40. The summed E-state index contributed by atoms with van der Waals surface area (Å²) in [6.07, 6.45) is 6.65. The Morgan fingerprint density at radius 3 is 2.35 bits per heavy atom. The van der Waals surface area contributed by atoms with Crippen molar-refractivity contribution in [2.24, 2.45) is 10.7 Å². The lowest BCUT2D eigenvalue weighted by molar-refractivity contribution is 0.0621. The highest BCUT2D eigenvalue weighted by Gasteiger charge is 2.38.